The first-order valence-corrected chi connectivity index (χ1v) is 21.6. The molecular weight excluding hydrogens is 657 g/mol. The average Bonchev–Trinajstić information content (AvgIpc) is 4.13. The van der Waals surface area contributed by atoms with Crippen LogP contribution in [0.4, 0.5) is 0 Å². The van der Waals surface area contributed by atoms with Crippen LogP contribution in [0.3, 0.4) is 0 Å². The van der Waals surface area contributed by atoms with Crippen molar-refractivity contribution in [3.8, 4) is 11.5 Å². The van der Waals surface area contributed by atoms with E-state index in [1.54, 1.807) is 16.7 Å². The number of para-hydroxylation sites is 1. The molecule has 53 heavy (non-hydrogen) atoms. The highest BCUT2D eigenvalue weighted by Gasteiger charge is 2.58. The lowest BCUT2D eigenvalue weighted by Crippen LogP contribution is -2.23. The fourth-order valence-corrected chi connectivity index (χ4v) is 13.9. The highest BCUT2D eigenvalue weighted by atomic mass is 16.6. The van der Waals surface area contributed by atoms with Gasteiger partial charge in [0.15, 0.2) is 0 Å². The summed E-state index contributed by atoms with van der Waals surface area (Å²) in [7, 11) is 0. The first kappa shape index (κ1) is 32.4. The van der Waals surface area contributed by atoms with E-state index in [1.807, 2.05) is 0 Å². The Morgan fingerprint density at radius 2 is 1.13 bits per heavy atom. The first-order valence-electron chi connectivity index (χ1n) is 21.6. The second-order valence-corrected chi connectivity index (χ2v) is 19.1. The van der Waals surface area contributed by atoms with Crippen LogP contribution < -0.4 is 9.47 Å². The van der Waals surface area contributed by atoms with Crippen molar-refractivity contribution < 1.29 is 23.7 Å². The van der Waals surface area contributed by atoms with Crippen LogP contribution in [0.15, 0.2) is 66.7 Å². The first-order chi connectivity index (χ1) is 26.2. The standard InChI is InChI=1S/C48H56O5/c1-2-7-48(53-26-37-25-52-37)39(6-1)31-15-43-33-17-41(45(21-33)47(43)19-31)29-9-11-38(28(12-29)8-10-35-22-50-35)30-14-42-32-16-40(44(20-32)46(42)18-30)27-4-3-5-34(13-27)49-23-36-24-51-36/h1-7,9,11-13,30-33,35-37,40-47H,8,10,14-26H2. The van der Waals surface area contributed by atoms with E-state index in [2.05, 4.69) is 66.7 Å². The predicted molar refractivity (Wildman–Crippen MR) is 204 cm³/mol. The average molecular weight is 713 g/mol. The van der Waals surface area contributed by atoms with Crippen LogP contribution in [0.25, 0.3) is 0 Å². The lowest BCUT2D eigenvalue weighted by molar-refractivity contribution is 0.231. The molecule has 3 aromatic rings. The molecule has 0 amide bonds. The molecule has 5 heteroatoms. The molecule has 6 aliphatic carbocycles. The van der Waals surface area contributed by atoms with Gasteiger partial charge < -0.3 is 23.7 Å². The predicted octanol–water partition coefficient (Wildman–Crippen LogP) is 9.44. The van der Waals surface area contributed by atoms with Gasteiger partial charge in [-0.15, -0.1) is 0 Å². The summed E-state index contributed by atoms with van der Waals surface area (Å²) in [4.78, 5) is 0. The molecule has 9 aliphatic rings. The third kappa shape index (κ3) is 5.98. The van der Waals surface area contributed by atoms with Crippen molar-refractivity contribution in [1.29, 1.82) is 0 Å². The Morgan fingerprint density at radius 1 is 0.509 bits per heavy atom. The van der Waals surface area contributed by atoms with Crippen LogP contribution in [0.1, 0.15) is 109 Å². The van der Waals surface area contributed by atoms with Crippen LogP contribution in [0.5, 0.6) is 11.5 Å². The molecule has 3 aliphatic heterocycles. The quantitative estimate of drug-likeness (QED) is 0.165. The molecule has 12 rings (SSSR count). The van der Waals surface area contributed by atoms with Crippen LogP contribution >= 0.6 is 0 Å². The third-order valence-electron chi connectivity index (χ3n) is 16.4. The van der Waals surface area contributed by atoms with Crippen molar-refractivity contribution in [2.24, 2.45) is 47.3 Å². The van der Waals surface area contributed by atoms with E-state index in [4.69, 9.17) is 23.7 Å². The SMILES string of the molecule is c1cc(OCC2CO2)cc(C2CC3CC2C2CC(c4ccc(C5CC6CC5C5CC(c7ccccc7OCC7CO7)CC65)cc4CCC4CO4)CC32)c1. The van der Waals surface area contributed by atoms with Crippen molar-refractivity contribution in [3.63, 3.8) is 0 Å². The topological polar surface area (TPSA) is 56.0 Å². The molecule has 15 unspecified atom stereocenters. The van der Waals surface area contributed by atoms with Gasteiger partial charge in [-0.25, -0.2) is 0 Å². The Hall–Kier alpha value is -2.86. The molecule has 278 valence electrons. The van der Waals surface area contributed by atoms with Gasteiger partial charge >= 0.3 is 0 Å². The molecule has 0 radical (unpaired) electrons. The monoisotopic (exact) mass is 712 g/mol. The summed E-state index contributed by atoms with van der Waals surface area (Å²) in [6.45, 7) is 4.05. The molecule has 3 saturated heterocycles. The van der Waals surface area contributed by atoms with Crippen LogP contribution in [0.2, 0.25) is 0 Å². The van der Waals surface area contributed by atoms with Gasteiger partial charge in [0.25, 0.3) is 0 Å². The Kier molecular flexibility index (Phi) is 7.85. The van der Waals surface area contributed by atoms with Gasteiger partial charge in [-0.3, -0.25) is 0 Å². The van der Waals surface area contributed by atoms with Gasteiger partial charge in [-0.1, -0.05) is 48.5 Å². The second kappa shape index (κ2) is 12.8. The van der Waals surface area contributed by atoms with E-state index in [-0.39, 0.29) is 0 Å². The molecule has 0 spiro atoms. The molecule has 0 aromatic heterocycles. The largest absolute Gasteiger partial charge is 0.491 e. The van der Waals surface area contributed by atoms with Crippen LogP contribution in [-0.4, -0.2) is 51.3 Å². The molecular formula is C48H56O5. The highest BCUT2D eigenvalue weighted by molar-refractivity contribution is 5.41. The summed E-state index contributed by atoms with van der Waals surface area (Å²) in [5, 5.41) is 0. The van der Waals surface area contributed by atoms with E-state index in [9.17, 15) is 0 Å². The van der Waals surface area contributed by atoms with Gasteiger partial charge in [0.2, 0.25) is 0 Å². The van der Waals surface area contributed by atoms with Crippen LogP contribution in [0, 0.1) is 47.3 Å². The minimum absolute atomic E-state index is 0.299. The van der Waals surface area contributed by atoms with E-state index in [0.29, 0.717) is 43.4 Å². The zero-order valence-corrected chi connectivity index (χ0v) is 31.2. The van der Waals surface area contributed by atoms with Crippen molar-refractivity contribution in [3.05, 3.63) is 94.5 Å². The molecule has 5 nitrogen and oxygen atoms in total. The maximum absolute atomic E-state index is 6.31. The zero-order valence-electron chi connectivity index (χ0n) is 31.2. The Bertz CT molecular complexity index is 1840. The molecule has 3 aromatic carbocycles. The fourth-order valence-electron chi connectivity index (χ4n) is 13.9. The Balaban J connectivity index is 0.757. The second-order valence-electron chi connectivity index (χ2n) is 19.1. The van der Waals surface area contributed by atoms with Gasteiger partial charge in [0.05, 0.1) is 25.9 Å². The minimum Gasteiger partial charge on any atom is -0.491 e. The van der Waals surface area contributed by atoms with Crippen molar-refractivity contribution in [1.82, 2.24) is 0 Å². The lowest BCUT2D eigenvalue weighted by Gasteiger charge is -2.32. The Labute approximate surface area is 315 Å². The molecule has 15 atom stereocenters. The third-order valence-corrected chi connectivity index (χ3v) is 16.4. The van der Waals surface area contributed by atoms with E-state index < -0.39 is 0 Å². The number of epoxide rings is 3. The van der Waals surface area contributed by atoms with E-state index in [1.165, 1.54) is 75.3 Å². The number of hydrogen-bond donors (Lipinski definition) is 0. The zero-order chi connectivity index (χ0) is 34.6. The van der Waals surface area contributed by atoms with Gasteiger partial charge in [-0.2, -0.15) is 0 Å². The normalized spacial score (nSPS) is 42.2. The van der Waals surface area contributed by atoms with E-state index >= 15 is 0 Å². The van der Waals surface area contributed by atoms with Crippen molar-refractivity contribution >= 4 is 0 Å². The number of benzene rings is 3. The summed E-state index contributed by atoms with van der Waals surface area (Å²) in [6, 6.07) is 26.0. The van der Waals surface area contributed by atoms with Gasteiger partial charge in [-0.05, 0) is 181 Å². The molecule has 6 saturated carbocycles. The number of hydrogen-bond acceptors (Lipinski definition) is 5. The van der Waals surface area contributed by atoms with Crippen molar-refractivity contribution in [2.75, 3.05) is 33.0 Å². The molecule has 3 heterocycles. The smallest absolute Gasteiger partial charge is 0.122 e. The van der Waals surface area contributed by atoms with Gasteiger partial charge in [0, 0.05) is 0 Å². The summed E-state index contributed by atoms with van der Waals surface area (Å²) in [6.07, 6.45) is 14.6. The molecule has 4 bridgehead atoms. The number of rotatable bonds is 13. The lowest BCUT2D eigenvalue weighted by atomic mass is 9.72. The number of ether oxygens (including phenoxy) is 5. The summed E-state index contributed by atoms with van der Waals surface area (Å²) in [5.41, 5.74) is 8.01. The Morgan fingerprint density at radius 3 is 1.83 bits per heavy atom. The number of aryl methyl sites for hydroxylation is 1. The maximum atomic E-state index is 6.31. The van der Waals surface area contributed by atoms with E-state index in [0.717, 1.165) is 90.5 Å². The van der Waals surface area contributed by atoms with Crippen molar-refractivity contribution in [2.45, 2.75) is 106 Å². The maximum Gasteiger partial charge on any atom is 0.122 e. The summed E-state index contributed by atoms with van der Waals surface area (Å²) < 4.78 is 29.0. The van der Waals surface area contributed by atoms with Gasteiger partial charge in [0.1, 0.15) is 36.9 Å². The summed E-state index contributed by atoms with van der Waals surface area (Å²) in [5.74, 6) is 12.0. The molecule has 0 N–H and O–H groups in total. The fraction of sp³-hybridized carbons (Fsp3) is 0.625. The van der Waals surface area contributed by atoms with Crippen LogP contribution in [-0.2, 0) is 20.6 Å². The summed E-state index contributed by atoms with van der Waals surface area (Å²) >= 11 is 0. The molecule has 9 fully saturated rings. The minimum atomic E-state index is 0.299. The number of fused-ring (bicyclic) bond motifs is 10. The highest BCUT2D eigenvalue weighted by Crippen LogP contribution is 2.68.